The molecule has 0 bridgehead atoms. The molecule has 2 atom stereocenters. The van der Waals surface area contributed by atoms with E-state index in [-0.39, 0.29) is 24.3 Å². The highest BCUT2D eigenvalue weighted by Crippen LogP contribution is 2.23. The molecule has 0 aromatic heterocycles. The Bertz CT molecular complexity index is 233. The molecule has 0 radical (unpaired) electrons. The SMILES string of the molecule is CCCCC1CNC(=O)C1CN(O)C=O. The topological polar surface area (TPSA) is 69.6 Å². The number of hydrogen-bond acceptors (Lipinski definition) is 3. The highest BCUT2D eigenvalue weighted by atomic mass is 16.5. The molecule has 15 heavy (non-hydrogen) atoms. The van der Waals surface area contributed by atoms with Crippen LogP contribution in [0.5, 0.6) is 0 Å². The van der Waals surface area contributed by atoms with Gasteiger partial charge in [0.05, 0.1) is 12.5 Å². The van der Waals surface area contributed by atoms with E-state index >= 15 is 0 Å². The van der Waals surface area contributed by atoms with Crippen LogP contribution in [0.3, 0.4) is 0 Å². The summed E-state index contributed by atoms with van der Waals surface area (Å²) >= 11 is 0. The van der Waals surface area contributed by atoms with E-state index in [0.717, 1.165) is 19.3 Å². The number of carbonyl (C=O) groups is 2. The highest BCUT2D eigenvalue weighted by Gasteiger charge is 2.34. The van der Waals surface area contributed by atoms with Crippen LogP contribution in [0.15, 0.2) is 0 Å². The summed E-state index contributed by atoms with van der Waals surface area (Å²) in [6.07, 6.45) is 3.46. The van der Waals surface area contributed by atoms with E-state index in [2.05, 4.69) is 12.2 Å². The standard InChI is InChI=1S/C10H18N2O3/c1-2-3-4-8-5-11-10(14)9(8)6-12(15)7-13/h7-9,15H,2-6H2,1H3,(H,11,14). The first-order valence-electron chi connectivity index (χ1n) is 5.37. The van der Waals surface area contributed by atoms with Gasteiger partial charge in [-0.05, 0) is 12.3 Å². The first kappa shape index (κ1) is 12.0. The van der Waals surface area contributed by atoms with Crippen molar-refractivity contribution in [1.29, 1.82) is 0 Å². The van der Waals surface area contributed by atoms with E-state index in [1.807, 2.05) is 0 Å². The maximum absolute atomic E-state index is 11.4. The molecule has 2 N–H and O–H groups in total. The summed E-state index contributed by atoms with van der Waals surface area (Å²) in [5, 5.41) is 12.4. The van der Waals surface area contributed by atoms with Crippen LogP contribution in [0, 0.1) is 11.8 Å². The molecule has 0 saturated carbocycles. The number of hydrogen-bond donors (Lipinski definition) is 2. The molecule has 1 heterocycles. The van der Waals surface area contributed by atoms with Crippen molar-refractivity contribution in [2.75, 3.05) is 13.1 Å². The van der Waals surface area contributed by atoms with Crippen LogP contribution < -0.4 is 5.32 Å². The number of rotatable bonds is 6. The van der Waals surface area contributed by atoms with E-state index in [9.17, 15) is 9.59 Å². The molecule has 1 fully saturated rings. The summed E-state index contributed by atoms with van der Waals surface area (Å²) < 4.78 is 0. The van der Waals surface area contributed by atoms with Gasteiger partial charge < -0.3 is 5.32 Å². The van der Waals surface area contributed by atoms with Gasteiger partial charge in [0.15, 0.2) is 0 Å². The zero-order chi connectivity index (χ0) is 11.3. The van der Waals surface area contributed by atoms with Crippen LogP contribution >= 0.6 is 0 Å². The molecule has 0 aromatic rings. The lowest BCUT2D eigenvalue weighted by Crippen LogP contribution is -2.32. The van der Waals surface area contributed by atoms with Gasteiger partial charge in [-0.15, -0.1) is 0 Å². The second-order valence-electron chi connectivity index (χ2n) is 3.98. The third-order valence-electron chi connectivity index (χ3n) is 2.88. The quantitative estimate of drug-likeness (QED) is 0.381. The van der Waals surface area contributed by atoms with Gasteiger partial charge in [-0.3, -0.25) is 14.8 Å². The molecule has 5 heteroatoms. The zero-order valence-corrected chi connectivity index (χ0v) is 8.98. The fourth-order valence-electron chi connectivity index (χ4n) is 1.97. The number of nitrogens with zero attached hydrogens (tertiary/aromatic N) is 1. The first-order chi connectivity index (χ1) is 7.19. The summed E-state index contributed by atoms with van der Waals surface area (Å²) in [4.78, 5) is 21.7. The Balaban J connectivity index is 2.48. The number of unbranched alkanes of at least 4 members (excludes halogenated alkanes) is 1. The first-order valence-corrected chi connectivity index (χ1v) is 5.37. The highest BCUT2D eigenvalue weighted by molar-refractivity contribution is 5.81. The summed E-state index contributed by atoms with van der Waals surface area (Å²) in [5.41, 5.74) is 0. The lowest BCUT2D eigenvalue weighted by Gasteiger charge is -2.18. The average molecular weight is 214 g/mol. The zero-order valence-electron chi connectivity index (χ0n) is 8.98. The van der Waals surface area contributed by atoms with Gasteiger partial charge in [0, 0.05) is 6.54 Å². The van der Waals surface area contributed by atoms with Crippen LogP contribution in [0.4, 0.5) is 0 Å². The molecule has 86 valence electrons. The minimum atomic E-state index is -0.258. The van der Waals surface area contributed by atoms with Crippen molar-refractivity contribution < 1.29 is 14.8 Å². The van der Waals surface area contributed by atoms with Crippen molar-refractivity contribution in [3.05, 3.63) is 0 Å². The number of hydroxylamine groups is 2. The van der Waals surface area contributed by atoms with Gasteiger partial charge in [-0.25, -0.2) is 5.06 Å². The molecule has 0 spiro atoms. The van der Waals surface area contributed by atoms with Gasteiger partial charge in [0.2, 0.25) is 12.3 Å². The second-order valence-corrected chi connectivity index (χ2v) is 3.98. The van der Waals surface area contributed by atoms with E-state index < -0.39 is 0 Å². The maximum Gasteiger partial charge on any atom is 0.233 e. The predicted octanol–water partition coefficient (Wildman–Crippen LogP) is 0.386. The third-order valence-corrected chi connectivity index (χ3v) is 2.88. The van der Waals surface area contributed by atoms with Crippen molar-refractivity contribution in [1.82, 2.24) is 10.4 Å². The molecule has 1 aliphatic heterocycles. The van der Waals surface area contributed by atoms with Crippen LogP contribution in [-0.2, 0) is 9.59 Å². The fourth-order valence-corrected chi connectivity index (χ4v) is 1.97. The molecule has 1 saturated heterocycles. The van der Waals surface area contributed by atoms with Crippen LogP contribution in [0.25, 0.3) is 0 Å². The smallest absolute Gasteiger partial charge is 0.233 e. The van der Waals surface area contributed by atoms with E-state index in [1.54, 1.807) is 0 Å². The largest absolute Gasteiger partial charge is 0.355 e. The molecule has 0 aromatic carbocycles. The van der Waals surface area contributed by atoms with Crippen molar-refractivity contribution in [3.8, 4) is 0 Å². The Hall–Kier alpha value is -1.10. The summed E-state index contributed by atoms with van der Waals surface area (Å²) in [5.74, 6) is -0.0733. The van der Waals surface area contributed by atoms with Gasteiger partial charge >= 0.3 is 0 Å². The average Bonchev–Trinajstić information content (AvgIpc) is 2.57. The van der Waals surface area contributed by atoms with Crippen molar-refractivity contribution >= 4 is 12.3 Å². The molecular formula is C10H18N2O3. The maximum atomic E-state index is 11.4. The fraction of sp³-hybridized carbons (Fsp3) is 0.800. The Morgan fingerprint density at radius 1 is 1.67 bits per heavy atom. The summed E-state index contributed by atoms with van der Waals surface area (Å²) in [7, 11) is 0. The Labute approximate surface area is 89.4 Å². The molecule has 0 aliphatic carbocycles. The van der Waals surface area contributed by atoms with Crippen LogP contribution in [0.1, 0.15) is 26.2 Å². The van der Waals surface area contributed by atoms with Gasteiger partial charge in [-0.1, -0.05) is 19.8 Å². The van der Waals surface area contributed by atoms with Crippen molar-refractivity contribution in [3.63, 3.8) is 0 Å². The normalized spacial score (nSPS) is 25.1. The minimum absolute atomic E-state index is 0.0583. The predicted molar refractivity (Wildman–Crippen MR) is 54.1 cm³/mol. The number of amides is 2. The molecule has 2 unspecified atom stereocenters. The summed E-state index contributed by atoms with van der Waals surface area (Å²) in [6.45, 7) is 2.86. The molecule has 1 rings (SSSR count). The van der Waals surface area contributed by atoms with E-state index in [1.165, 1.54) is 0 Å². The Morgan fingerprint density at radius 3 is 3.00 bits per heavy atom. The van der Waals surface area contributed by atoms with Crippen molar-refractivity contribution in [2.45, 2.75) is 26.2 Å². The molecule has 1 aliphatic rings. The van der Waals surface area contributed by atoms with Crippen LogP contribution in [0.2, 0.25) is 0 Å². The number of carbonyl (C=O) groups excluding carboxylic acids is 2. The lowest BCUT2D eigenvalue weighted by atomic mass is 9.90. The monoisotopic (exact) mass is 214 g/mol. The third kappa shape index (κ3) is 3.20. The van der Waals surface area contributed by atoms with E-state index in [0.29, 0.717) is 18.0 Å². The molecule has 5 nitrogen and oxygen atoms in total. The Kier molecular flexibility index (Phi) is 4.55. The Morgan fingerprint density at radius 2 is 2.40 bits per heavy atom. The van der Waals surface area contributed by atoms with Gasteiger partial charge in [0.1, 0.15) is 0 Å². The molecule has 2 amide bonds. The number of nitrogens with one attached hydrogen (secondary N) is 1. The molecular weight excluding hydrogens is 196 g/mol. The van der Waals surface area contributed by atoms with Crippen molar-refractivity contribution in [2.24, 2.45) is 11.8 Å². The second kappa shape index (κ2) is 5.70. The van der Waals surface area contributed by atoms with E-state index in [4.69, 9.17) is 5.21 Å². The minimum Gasteiger partial charge on any atom is -0.355 e. The lowest BCUT2D eigenvalue weighted by molar-refractivity contribution is -0.154. The summed E-state index contributed by atoms with van der Waals surface area (Å²) in [6, 6.07) is 0. The van der Waals surface area contributed by atoms with Gasteiger partial charge in [0.25, 0.3) is 0 Å². The van der Waals surface area contributed by atoms with Crippen LogP contribution in [-0.4, -0.2) is 35.7 Å². The van der Waals surface area contributed by atoms with Gasteiger partial charge in [-0.2, -0.15) is 0 Å².